The Balaban J connectivity index is 0.000000167. The third-order valence-electron chi connectivity index (χ3n) is 16.4. The highest BCUT2D eigenvalue weighted by atomic mass is 16.6. The number of carbonyl (C=O) groups excluding carboxylic acids is 2. The number of aliphatic hydroxyl groups excluding tert-OH is 6. The number of hydrogen-bond acceptors (Lipinski definition) is 12. The van der Waals surface area contributed by atoms with Gasteiger partial charge < -0.3 is 49.6 Å². The molecule has 0 aromatic rings. The molecular weight excluding hydrogens is 696 g/mol. The van der Waals surface area contributed by atoms with Crippen molar-refractivity contribution in [2.24, 2.45) is 51.2 Å². The van der Waals surface area contributed by atoms with Gasteiger partial charge >= 0.3 is 11.9 Å². The molecule has 2 aliphatic heterocycles. The molecule has 0 spiro atoms. The molecule has 7 fully saturated rings. The van der Waals surface area contributed by atoms with Crippen LogP contribution in [-0.2, 0) is 28.5 Å². The van der Waals surface area contributed by atoms with Crippen molar-refractivity contribution in [1.29, 1.82) is 0 Å². The summed E-state index contributed by atoms with van der Waals surface area (Å²) in [6.45, 7) is 8.49. The monoisotopic (exact) mass is 762 g/mol. The van der Waals surface area contributed by atoms with Crippen molar-refractivity contribution in [2.75, 3.05) is 26.4 Å². The highest BCUT2D eigenvalue weighted by molar-refractivity contribution is 5.69. The van der Waals surface area contributed by atoms with E-state index < -0.39 is 23.0 Å². The van der Waals surface area contributed by atoms with E-state index in [-0.39, 0.29) is 102 Å². The Kier molecular flexibility index (Phi) is 11.5. The SMILES string of the molecule is CCC(=O)O[C@H]1CCC2C3C(OC[C@@]21CO)[C@@]1(C)CC[C@H](O)CC1=C[C@@H]3O.CCC(=O)O[C@H]1CCC2C3C(OC[C@@]21CO)[C@@]1(C)CC[C@H](O)CC1C[C@@H]3O. The summed E-state index contributed by atoms with van der Waals surface area (Å²) in [5, 5.41) is 62.9. The van der Waals surface area contributed by atoms with Crippen LogP contribution in [0.5, 0.6) is 0 Å². The minimum atomic E-state index is -0.666. The van der Waals surface area contributed by atoms with Crippen LogP contribution < -0.4 is 0 Å². The summed E-state index contributed by atoms with van der Waals surface area (Å²) >= 11 is 0. The first-order chi connectivity index (χ1) is 25.7. The molecule has 2 saturated heterocycles. The molecule has 0 aromatic carbocycles. The fraction of sp³-hybridized carbons (Fsp3) is 0.905. The van der Waals surface area contributed by atoms with Crippen molar-refractivity contribution in [2.45, 2.75) is 160 Å². The third-order valence-corrected chi connectivity index (χ3v) is 16.4. The van der Waals surface area contributed by atoms with Crippen LogP contribution in [-0.4, -0.2) is 118 Å². The smallest absolute Gasteiger partial charge is 0.305 e. The Morgan fingerprint density at radius 2 is 1.30 bits per heavy atom. The van der Waals surface area contributed by atoms with Crippen LogP contribution in [0.4, 0.5) is 0 Å². The van der Waals surface area contributed by atoms with E-state index in [1.807, 2.05) is 6.08 Å². The summed E-state index contributed by atoms with van der Waals surface area (Å²) in [5.74, 6) is -0.270. The Hall–Kier alpha value is -1.64. The second-order valence-corrected chi connectivity index (χ2v) is 18.9. The van der Waals surface area contributed by atoms with Gasteiger partial charge in [0.05, 0.1) is 73.9 Å². The van der Waals surface area contributed by atoms with Crippen LogP contribution in [0.1, 0.15) is 111 Å². The summed E-state index contributed by atoms with van der Waals surface area (Å²) < 4.78 is 24.2. The van der Waals surface area contributed by atoms with Gasteiger partial charge in [0.1, 0.15) is 12.2 Å². The highest BCUT2D eigenvalue weighted by Crippen LogP contribution is 2.63. The van der Waals surface area contributed by atoms with Gasteiger partial charge in [-0.05, 0) is 93.8 Å². The van der Waals surface area contributed by atoms with E-state index in [1.54, 1.807) is 13.8 Å². The molecule has 12 heteroatoms. The minimum absolute atomic E-state index is 0.0484. The molecule has 306 valence electrons. The molecule has 0 radical (unpaired) electrons. The summed E-state index contributed by atoms with van der Waals surface area (Å²) in [6, 6.07) is 0. The maximum atomic E-state index is 11.9. The molecule has 17 atom stereocenters. The molecule has 12 nitrogen and oxygen atoms in total. The van der Waals surface area contributed by atoms with E-state index in [9.17, 15) is 40.2 Å². The summed E-state index contributed by atoms with van der Waals surface area (Å²) in [5.41, 5.74) is -0.391. The van der Waals surface area contributed by atoms with Crippen molar-refractivity contribution in [1.82, 2.24) is 0 Å². The van der Waals surface area contributed by atoms with Crippen LogP contribution in [0.2, 0.25) is 0 Å². The largest absolute Gasteiger partial charge is 0.462 e. The van der Waals surface area contributed by atoms with Crippen LogP contribution in [0.25, 0.3) is 0 Å². The number of rotatable bonds is 6. The molecule has 8 rings (SSSR count). The topological polar surface area (TPSA) is 192 Å². The van der Waals surface area contributed by atoms with Gasteiger partial charge in [0.2, 0.25) is 0 Å². The Bertz CT molecular complexity index is 1420. The highest BCUT2D eigenvalue weighted by Gasteiger charge is 2.67. The predicted octanol–water partition coefficient (Wildman–Crippen LogP) is 3.21. The van der Waals surface area contributed by atoms with Crippen molar-refractivity contribution in [3.8, 4) is 0 Å². The molecule has 0 bridgehead atoms. The quantitative estimate of drug-likeness (QED) is 0.171. The van der Waals surface area contributed by atoms with Gasteiger partial charge in [0.15, 0.2) is 0 Å². The Morgan fingerprint density at radius 3 is 1.87 bits per heavy atom. The van der Waals surface area contributed by atoms with Crippen LogP contribution in [0.15, 0.2) is 11.6 Å². The van der Waals surface area contributed by atoms with Crippen LogP contribution in [0, 0.1) is 51.2 Å². The standard InChI is InChI=1S/C21H34O6.C21H32O6/c2*1-3-17(25)27-16-5-4-14-18-15(24)9-12-8-13(23)6-7-20(12,2)19(18)26-11-21(14,16)10-22/h12-16,18-19,22-24H,3-11H2,1-2H3;9,13-16,18-19,22-24H,3-8,10-11H2,1-2H3/t12?,13-,14?,15-,16-,18?,19?,20-,21-;13-,14?,15-,16-,18?,19?,20-,21-/m00/s1. The van der Waals surface area contributed by atoms with Gasteiger partial charge in [0.25, 0.3) is 0 Å². The first-order valence-corrected chi connectivity index (χ1v) is 21.0. The maximum absolute atomic E-state index is 11.9. The lowest BCUT2D eigenvalue weighted by Gasteiger charge is -2.61. The zero-order valence-corrected chi connectivity index (χ0v) is 32.7. The Labute approximate surface area is 320 Å². The zero-order chi connectivity index (χ0) is 38.8. The Morgan fingerprint density at radius 1 is 0.741 bits per heavy atom. The number of carbonyl (C=O) groups is 2. The number of aliphatic hydroxyl groups is 6. The lowest BCUT2D eigenvalue weighted by atomic mass is 9.50. The molecule has 7 unspecified atom stereocenters. The van der Waals surface area contributed by atoms with Crippen molar-refractivity contribution in [3.05, 3.63) is 11.6 Å². The van der Waals surface area contributed by atoms with Crippen molar-refractivity contribution >= 4 is 11.9 Å². The van der Waals surface area contributed by atoms with Crippen LogP contribution in [0.3, 0.4) is 0 Å². The van der Waals surface area contributed by atoms with Crippen LogP contribution >= 0.6 is 0 Å². The van der Waals surface area contributed by atoms with E-state index in [0.717, 1.165) is 56.9 Å². The van der Waals surface area contributed by atoms with Crippen molar-refractivity contribution in [3.63, 3.8) is 0 Å². The number of esters is 2. The van der Waals surface area contributed by atoms with Crippen molar-refractivity contribution < 1.29 is 59.2 Å². The van der Waals surface area contributed by atoms with Gasteiger partial charge in [-0.25, -0.2) is 0 Å². The molecule has 54 heavy (non-hydrogen) atoms. The lowest BCUT2D eigenvalue weighted by Crippen LogP contribution is -2.65. The fourth-order valence-corrected chi connectivity index (χ4v) is 13.2. The van der Waals surface area contributed by atoms with E-state index in [1.165, 1.54) is 0 Å². The fourth-order valence-electron chi connectivity index (χ4n) is 13.2. The van der Waals surface area contributed by atoms with Gasteiger partial charge in [-0.1, -0.05) is 39.3 Å². The third kappa shape index (κ3) is 6.41. The van der Waals surface area contributed by atoms with Gasteiger partial charge in [0, 0.05) is 30.1 Å². The van der Waals surface area contributed by atoms with Gasteiger partial charge in [-0.2, -0.15) is 0 Å². The summed E-state index contributed by atoms with van der Waals surface area (Å²) in [4.78, 5) is 23.8. The molecule has 2 heterocycles. The summed E-state index contributed by atoms with van der Waals surface area (Å²) in [7, 11) is 0. The molecule has 5 saturated carbocycles. The second kappa shape index (κ2) is 15.3. The average molecular weight is 763 g/mol. The van der Waals surface area contributed by atoms with Gasteiger partial charge in [-0.15, -0.1) is 0 Å². The molecule has 6 N–H and O–H groups in total. The molecule has 0 amide bonds. The zero-order valence-electron chi connectivity index (χ0n) is 32.7. The number of ether oxygens (including phenoxy) is 4. The number of fused-ring (bicyclic) bond motifs is 10. The average Bonchev–Trinajstić information content (AvgIpc) is 3.71. The molecule has 8 aliphatic rings. The second-order valence-electron chi connectivity index (χ2n) is 18.9. The first kappa shape index (κ1) is 40.6. The maximum Gasteiger partial charge on any atom is 0.305 e. The van der Waals surface area contributed by atoms with E-state index >= 15 is 0 Å². The molecule has 0 aromatic heterocycles. The van der Waals surface area contributed by atoms with E-state index in [0.29, 0.717) is 45.3 Å². The first-order valence-electron chi connectivity index (χ1n) is 21.0. The summed E-state index contributed by atoms with van der Waals surface area (Å²) in [6.07, 6.45) is 8.17. The minimum Gasteiger partial charge on any atom is -0.462 e. The normalized spacial score (nSPS) is 50.3. The van der Waals surface area contributed by atoms with E-state index in [2.05, 4.69) is 13.8 Å². The van der Waals surface area contributed by atoms with E-state index in [4.69, 9.17) is 18.9 Å². The predicted molar refractivity (Wildman–Crippen MR) is 195 cm³/mol. The van der Waals surface area contributed by atoms with Gasteiger partial charge in [-0.3, -0.25) is 9.59 Å². The molecular formula is C42H66O12. The number of hydrogen-bond donors (Lipinski definition) is 6. The molecule has 6 aliphatic carbocycles. The lowest BCUT2D eigenvalue weighted by molar-refractivity contribution is -0.262.